The summed E-state index contributed by atoms with van der Waals surface area (Å²) in [5, 5.41) is 4.96. The van der Waals surface area contributed by atoms with E-state index < -0.39 is 0 Å². The lowest BCUT2D eigenvalue weighted by molar-refractivity contribution is 0.0904. The molecule has 2 heterocycles. The summed E-state index contributed by atoms with van der Waals surface area (Å²) >= 11 is 5.75. The Hall–Kier alpha value is -2.70. The van der Waals surface area contributed by atoms with Crippen molar-refractivity contribution >= 4 is 33.9 Å². The number of rotatable bonds is 5. The van der Waals surface area contributed by atoms with Gasteiger partial charge in [-0.2, -0.15) is 0 Å². The molecule has 5 nitrogen and oxygen atoms in total. The van der Waals surface area contributed by atoms with Gasteiger partial charge in [0.25, 0.3) is 5.56 Å². The van der Waals surface area contributed by atoms with Gasteiger partial charge in [-0.3, -0.25) is 4.79 Å². The number of aryl methyl sites for hydroxylation is 3. The first-order valence-corrected chi connectivity index (χ1v) is 11.2. The minimum atomic E-state index is -0.0776. The topological polar surface area (TPSA) is 57.4 Å². The highest BCUT2D eigenvalue weighted by Gasteiger charge is 2.22. The maximum absolute atomic E-state index is 12.8. The molecule has 4 rings (SSSR count). The Kier molecular flexibility index (Phi) is 6.39. The number of hydrogen-bond acceptors (Lipinski definition) is 3. The molecule has 0 bridgehead atoms. The van der Waals surface area contributed by atoms with E-state index >= 15 is 0 Å². The SMILES string of the molecule is Cc1ccc(NC(=S)N(Cc2cc3cc(C)c(C)cc3[nH]c2=O)C[C@H]2CCCO2)cc1. The van der Waals surface area contributed by atoms with Crippen LogP contribution in [0.15, 0.2) is 47.3 Å². The van der Waals surface area contributed by atoms with Crippen LogP contribution in [0.2, 0.25) is 0 Å². The standard InChI is InChI=1S/C25H29N3O2S/c1-16-6-8-21(9-7-16)26-25(31)28(15-22-5-4-10-30-22)14-20-13-19-11-17(2)18(3)12-23(19)27-24(20)29/h6-9,11-13,22H,4-5,10,14-15H2,1-3H3,(H,26,31)(H,27,29)/t22-/m1/s1. The number of H-pyrrole nitrogens is 1. The van der Waals surface area contributed by atoms with Crippen molar-refractivity contribution in [3.05, 3.63) is 75.1 Å². The number of aromatic amines is 1. The van der Waals surface area contributed by atoms with E-state index in [1.165, 1.54) is 16.7 Å². The first-order chi connectivity index (χ1) is 14.9. The highest BCUT2D eigenvalue weighted by atomic mass is 32.1. The molecule has 0 amide bonds. The Bertz CT molecular complexity index is 1150. The van der Waals surface area contributed by atoms with Crippen LogP contribution in [0.5, 0.6) is 0 Å². The van der Waals surface area contributed by atoms with Crippen LogP contribution in [0.3, 0.4) is 0 Å². The summed E-state index contributed by atoms with van der Waals surface area (Å²) in [6, 6.07) is 14.3. The number of hydrogen-bond donors (Lipinski definition) is 2. The third kappa shape index (κ3) is 5.14. The van der Waals surface area contributed by atoms with Gasteiger partial charge in [-0.05, 0) is 92.7 Å². The van der Waals surface area contributed by atoms with Gasteiger partial charge in [0, 0.05) is 29.9 Å². The number of ether oxygens (including phenoxy) is 1. The Morgan fingerprint density at radius 2 is 1.90 bits per heavy atom. The van der Waals surface area contributed by atoms with Gasteiger partial charge in [-0.1, -0.05) is 17.7 Å². The fraction of sp³-hybridized carbons (Fsp3) is 0.360. The zero-order chi connectivity index (χ0) is 22.0. The third-order valence-electron chi connectivity index (χ3n) is 5.93. The number of nitrogens with one attached hydrogen (secondary N) is 2. The molecule has 31 heavy (non-hydrogen) atoms. The molecule has 3 aromatic rings. The zero-order valence-electron chi connectivity index (χ0n) is 18.3. The lowest BCUT2D eigenvalue weighted by Gasteiger charge is -2.28. The molecular weight excluding hydrogens is 406 g/mol. The number of anilines is 1. The largest absolute Gasteiger partial charge is 0.376 e. The van der Waals surface area contributed by atoms with Crippen LogP contribution in [0.1, 0.15) is 35.1 Å². The molecule has 6 heteroatoms. The predicted octanol–water partition coefficient (Wildman–Crippen LogP) is 4.83. The van der Waals surface area contributed by atoms with Crippen LogP contribution < -0.4 is 10.9 Å². The summed E-state index contributed by atoms with van der Waals surface area (Å²) in [6.07, 6.45) is 2.20. The van der Waals surface area contributed by atoms with Crippen LogP contribution in [0.25, 0.3) is 10.9 Å². The molecule has 0 spiro atoms. The summed E-state index contributed by atoms with van der Waals surface area (Å²) in [7, 11) is 0. The normalized spacial score (nSPS) is 15.9. The van der Waals surface area contributed by atoms with Gasteiger partial charge >= 0.3 is 0 Å². The van der Waals surface area contributed by atoms with Crippen LogP contribution in [-0.4, -0.2) is 34.3 Å². The minimum absolute atomic E-state index is 0.0776. The van der Waals surface area contributed by atoms with E-state index in [1.54, 1.807) is 0 Å². The minimum Gasteiger partial charge on any atom is -0.376 e. The number of pyridine rings is 1. The van der Waals surface area contributed by atoms with E-state index in [2.05, 4.69) is 37.1 Å². The summed E-state index contributed by atoms with van der Waals surface area (Å²) in [5.41, 5.74) is 5.99. The number of benzene rings is 2. The highest BCUT2D eigenvalue weighted by Crippen LogP contribution is 2.20. The number of nitrogens with zero attached hydrogens (tertiary/aromatic N) is 1. The fourth-order valence-corrected chi connectivity index (χ4v) is 4.19. The molecule has 1 aliphatic heterocycles. The van der Waals surface area contributed by atoms with Gasteiger partial charge in [-0.15, -0.1) is 0 Å². The first-order valence-electron chi connectivity index (χ1n) is 10.8. The third-order valence-corrected chi connectivity index (χ3v) is 6.29. The Morgan fingerprint density at radius 1 is 1.16 bits per heavy atom. The van der Waals surface area contributed by atoms with Gasteiger partial charge in [-0.25, -0.2) is 0 Å². The molecule has 1 saturated heterocycles. The molecule has 1 atom stereocenters. The molecule has 1 aromatic heterocycles. The zero-order valence-corrected chi connectivity index (χ0v) is 19.1. The molecule has 0 radical (unpaired) electrons. The van der Waals surface area contributed by atoms with E-state index in [1.807, 2.05) is 41.3 Å². The van der Waals surface area contributed by atoms with Gasteiger partial charge in [0.2, 0.25) is 0 Å². The van der Waals surface area contributed by atoms with Crippen molar-refractivity contribution in [3.63, 3.8) is 0 Å². The summed E-state index contributed by atoms with van der Waals surface area (Å²) in [6.45, 7) is 8.06. The predicted molar refractivity (Wildman–Crippen MR) is 131 cm³/mol. The second-order valence-corrected chi connectivity index (χ2v) is 8.85. The molecule has 162 valence electrons. The van der Waals surface area contributed by atoms with E-state index in [9.17, 15) is 4.79 Å². The molecular formula is C25H29N3O2S. The van der Waals surface area contributed by atoms with Crippen molar-refractivity contribution in [2.45, 2.75) is 46.3 Å². The average Bonchev–Trinajstić information content (AvgIpc) is 3.24. The van der Waals surface area contributed by atoms with Gasteiger partial charge in [0.1, 0.15) is 0 Å². The second kappa shape index (κ2) is 9.20. The molecule has 0 saturated carbocycles. The van der Waals surface area contributed by atoms with Crippen molar-refractivity contribution in [2.75, 3.05) is 18.5 Å². The Morgan fingerprint density at radius 3 is 2.61 bits per heavy atom. The highest BCUT2D eigenvalue weighted by molar-refractivity contribution is 7.80. The van der Waals surface area contributed by atoms with Crippen molar-refractivity contribution in [1.29, 1.82) is 0 Å². The maximum atomic E-state index is 12.8. The number of fused-ring (bicyclic) bond motifs is 1. The van der Waals surface area contributed by atoms with Crippen molar-refractivity contribution < 1.29 is 4.74 Å². The van der Waals surface area contributed by atoms with Gasteiger partial charge < -0.3 is 19.9 Å². The molecule has 0 aliphatic carbocycles. The summed E-state index contributed by atoms with van der Waals surface area (Å²) in [4.78, 5) is 17.9. The van der Waals surface area contributed by atoms with Crippen LogP contribution in [0, 0.1) is 20.8 Å². The van der Waals surface area contributed by atoms with E-state index in [0.29, 0.717) is 23.8 Å². The molecule has 0 unspecified atom stereocenters. The molecule has 2 aromatic carbocycles. The van der Waals surface area contributed by atoms with E-state index in [-0.39, 0.29) is 11.7 Å². The van der Waals surface area contributed by atoms with Crippen molar-refractivity contribution in [1.82, 2.24) is 9.88 Å². The van der Waals surface area contributed by atoms with E-state index in [0.717, 1.165) is 36.0 Å². The maximum Gasteiger partial charge on any atom is 0.253 e. The molecule has 1 fully saturated rings. The lowest BCUT2D eigenvalue weighted by Crippen LogP contribution is -2.40. The molecule has 2 N–H and O–H groups in total. The lowest BCUT2D eigenvalue weighted by atomic mass is 10.0. The molecule has 1 aliphatic rings. The average molecular weight is 436 g/mol. The number of thiocarbonyl (C=S) groups is 1. The van der Waals surface area contributed by atoms with Gasteiger partial charge in [0.05, 0.1) is 12.6 Å². The Labute approximate surface area is 188 Å². The second-order valence-electron chi connectivity index (χ2n) is 8.46. The smallest absolute Gasteiger partial charge is 0.253 e. The Balaban J connectivity index is 1.61. The monoisotopic (exact) mass is 435 g/mol. The number of aromatic nitrogens is 1. The van der Waals surface area contributed by atoms with Crippen LogP contribution >= 0.6 is 12.2 Å². The quantitative estimate of drug-likeness (QED) is 0.562. The van der Waals surface area contributed by atoms with E-state index in [4.69, 9.17) is 17.0 Å². The van der Waals surface area contributed by atoms with Crippen molar-refractivity contribution in [2.24, 2.45) is 0 Å². The summed E-state index contributed by atoms with van der Waals surface area (Å²) < 4.78 is 5.85. The van der Waals surface area contributed by atoms with Gasteiger partial charge in [0.15, 0.2) is 5.11 Å². The first kappa shape index (κ1) is 21.5. The van der Waals surface area contributed by atoms with Crippen LogP contribution in [-0.2, 0) is 11.3 Å². The van der Waals surface area contributed by atoms with Crippen LogP contribution in [0.4, 0.5) is 5.69 Å². The fourth-order valence-electron chi connectivity index (χ4n) is 3.94. The summed E-state index contributed by atoms with van der Waals surface area (Å²) in [5.74, 6) is 0. The van der Waals surface area contributed by atoms with Crippen molar-refractivity contribution in [3.8, 4) is 0 Å².